The second-order valence-corrected chi connectivity index (χ2v) is 5.51. The summed E-state index contributed by atoms with van der Waals surface area (Å²) in [5, 5.41) is 3.75. The lowest BCUT2D eigenvalue weighted by Gasteiger charge is -2.36. The molecule has 3 heteroatoms. The van der Waals surface area contributed by atoms with Gasteiger partial charge in [-0.3, -0.25) is 4.90 Å². The summed E-state index contributed by atoms with van der Waals surface area (Å²) >= 11 is 0. The van der Waals surface area contributed by atoms with Crippen molar-refractivity contribution in [2.45, 2.75) is 43.8 Å². The van der Waals surface area contributed by atoms with Crippen LogP contribution in [0.5, 0.6) is 0 Å². The molecular formula is C12H23N3. The van der Waals surface area contributed by atoms with E-state index in [4.69, 9.17) is 0 Å². The van der Waals surface area contributed by atoms with Crippen LogP contribution in [0.3, 0.4) is 0 Å². The molecule has 0 saturated carbocycles. The lowest BCUT2D eigenvalue weighted by molar-refractivity contribution is 0.148. The number of nitrogens with zero attached hydrogens (tertiary/aromatic N) is 2. The van der Waals surface area contributed by atoms with Crippen molar-refractivity contribution in [3.05, 3.63) is 0 Å². The SMILES string of the molecule is CN1C2CCC1CC(NCCN1CC1)C2. The maximum absolute atomic E-state index is 3.75. The number of hydrogen-bond donors (Lipinski definition) is 1. The molecule has 0 radical (unpaired) electrons. The summed E-state index contributed by atoms with van der Waals surface area (Å²) in [5.74, 6) is 0. The van der Waals surface area contributed by atoms with Gasteiger partial charge in [0.15, 0.2) is 0 Å². The summed E-state index contributed by atoms with van der Waals surface area (Å²) < 4.78 is 0. The summed E-state index contributed by atoms with van der Waals surface area (Å²) in [6.45, 7) is 5.14. The fourth-order valence-electron chi connectivity index (χ4n) is 3.30. The zero-order chi connectivity index (χ0) is 10.3. The fourth-order valence-corrected chi connectivity index (χ4v) is 3.30. The van der Waals surface area contributed by atoms with Crippen molar-refractivity contribution in [1.82, 2.24) is 15.1 Å². The predicted octanol–water partition coefficient (Wildman–Crippen LogP) is 0.517. The van der Waals surface area contributed by atoms with Gasteiger partial charge in [0.1, 0.15) is 0 Å². The summed E-state index contributed by atoms with van der Waals surface area (Å²) in [5.41, 5.74) is 0. The first kappa shape index (κ1) is 10.1. The monoisotopic (exact) mass is 209 g/mol. The van der Waals surface area contributed by atoms with Gasteiger partial charge in [0.25, 0.3) is 0 Å². The molecule has 3 heterocycles. The van der Waals surface area contributed by atoms with Crippen LogP contribution >= 0.6 is 0 Å². The highest BCUT2D eigenvalue weighted by Crippen LogP contribution is 2.34. The van der Waals surface area contributed by atoms with Crippen LogP contribution in [0.4, 0.5) is 0 Å². The Morgan fingerprint density at radius 2 is 1.80 bits per heavy atom. The normalized spacial score (nSPS) is 41.0. The lowest BCUT2D eigenvalue weighted by atomic mass is 9.98. The van der Waals surface area contributed by atoms with Crippen LogP contribution in [0, 0.1) is 0 Å². The largest absolute Gasteiger partial charge is 0.313 e. The average molecular weight is 209 g/mol. The van der Waals surface area contributed by atoms with Gasteiger partial charge in [0.05, 0.1) is 0 Å². The first-order valence-electron chi connectivity index (χ1n) is 6.50. The lowest BCUT2D eigenvalue weighted by Crippen LogP contribution is -2.48. The van der Waals surface area contributed by atoms with E-state index in [1.54, 1.807) is 0 Å². The number of hydrogen-bond acceptors (Lipinski definition) is 3. The fraction of sp³-hybridized carbons (Fsp3) is 1.00. The molecule has 0 aliphatic carbocycles. The summed E-state index contributed by atoms with van der Waals surface area (Å²) in [7, 11) is 2.31. The van der Waals surface area contributed by atoms with Crippen LogP contribution < -0.4 is 5.32 Å². The molecule has 3 aliphatic heterocycles. The summed E-state index contributed by atoms with van der Waals surface area (Å²) in [6, 6.07) is 2.56. The zero-order valence-corrected chi connectivity index (χ0v) is 9.78. The minimum Gasteiger partial charge on any atom is -0.313 e. The number of rotatable bonds is 4. The molecule has 0 aromatic rings. The Morgan fingerprint density at radius 3 is 2.40 bits per heavy atom. The van der Waals surface area contributed by atoms with Gasteiger partial charge >= 0.3 is 0 Å². The van der Waals surface area contributed by atoms with E-state index in [0.717, 1.165) is 18.1 Å². The third-order valence-electron chi connectivity index (χ3n) is 4.50. The van der Waals surface area contributed by atoms with Gasteiger partial charge in [0, 0.05) is 44.3 Å². The van der Waals surface area contributed by atoms with E-state index in [1.807, 2.05) is 0 Å². The molecule has 3 fully saturated rings. The van der Waals surface area contributed by atoms with Crippen molar-refractivity contribution in [1.29, 1.82) is 0 Å². The summed E-state index contributed by atoms with van der Waals surface area (Å²) in [4.78, 5) is 5.11. The van der Waals surface area contributed by atoms with Gasteiger partial charge in [-0.05, 0) is 32.7 Å². The van der Waals surface area contributed by atoms with Crippen LogP contribution in [0.1, 0.15) is 25.7 Å². The topological polar surface area (TPSA) is 18.3 Å². The molecule has 0 aromatic carbocycles. The van der Waals surface area contributed by atoms with E-state index in [-0.39, 0.29) is 0 Å². The standard InChI is InChI=1S/C12H23N3/c1-14-11-2-3-12(14)9-10(8-11)13-4-5-15-6-7-15/h10-13H,2-9H2,1H3. The highest BCUT2D eigenvalue weighted by Gasteiger charge is 2.38. The molecular weight excluding hydrogens is 186 g/mol. The van der Waals surface area contributed by atoms with Crippen molar-refractivity contribution in [2.24, 2.45) is 0 Å². The first-order valence-corrected chi connectivity index (χ1v) is 6.50. The summed E-state index contributed by atoms with van der Waals surface area (Å²) in [6.07, 6.45) is 5.64. The molecule has 2 unspecified atom stereocenters. The highest BCUT2D eigenvalue weighted by atomic mass is 15.3. The smallest absolute Gasteiger partial charge is 0.0111 e. The van der Waals surface area contributed by atoms with E-state index in [1.165, 1.54) is 51.9 Å². The van der Waals surface area contributed by atoms with Crippen LogP contribution in [0.15, 0.2) is 0 Å². The van der Waals surface area contributed by atoms with Gasteiger partial charge < -0.3 is 10.2 Å². The van der Waals surface area contributed by atoms with Gasteiger partial charge in [0.2, 0.25) is 0 Å². The molecule has 86 valence electrons. The van der Waals surface area contributed by atoms with E-state index in [2.05, 4.69) is 22.2 Å². The van der Waals surface area contributed by atoms with Crippen molar-refractivity contribution < 1.29 is 0 Å². The molecule has 0 amide bonds. The van der Waals surface area contributed by atoms with Gasteiger partial charge in [-0.1, -0.05) is 0 Å². The third kappa shape index (κ3) is 2.19. The molecule has 15 heavy (non-hydrogen) atoms. The zero-order valence-electron chi connectivity index (χ0n) is 9.78. The Kier molecular flexibility index (Phi) is 2.71. The van der Waals surface area contributed by atoms with E-state index in [9.17, 15) is 0 Å². The van der Waals surface area contributed by atoms with Crippen LogP contribution in [0.25, 0.3) is 0 Å². The molecule has 3 nitrogen and oxygen atoms in total. The van der Waals surface area contributed by atoms with Crippen molar-refractivity contribution in [3.63, 3.8) is 0 Å². The second kappa shape index (κ2) is 4.04. The van der Waals surface area contributed by atoms with Gasteiger partial charge in [-0.15, -0.1) is 0 Å². The van der Waals surface area contributed by atoms with E-state index < -0.39 is 0 Å². The molecule has 3 rings (SSSR count). The maximum atomic E-state index is 3.75. The van der Waals surface area contributed by atoms with E-state index >= 15 is 0 Å². The molecule has 2 bridgehead atoms. The minimum atomic E-state index is 0.804. The number of piperidine rings is 1. The van der Waals surface area contributed by atoms with Crippen LogP contribution in [-0.4, -0.2) is 61.2 Å². The molecule has 3 aliphatic rings. The Morgan fingerprint density at radius 1 is 1.13 bits per heavy atom. The van der Waals surface area contributed by atoms with Crippen molar-refractivity contribution >= 4 is 0 Å². The van der Waals surface area contributed by atoms with Crippen molar-refractivity contribution in [2.75, 3.05) is 33.2 Å². The molecule has 2 atom stereocenters. The Labute approximate surface area is 92.8 Å². The Balaban J connectivity index is 1.43. The quantitative estimate of drug-likeness (QED) is 0.681. The third-order valence-corrected chi connectivity index (χ3v) is 4.50. The number of fused-ring (bicyclic) bond motifs is 2. The molecule has 0 aromatic heterocycles. The maximum Gasteiger partial charge on any atom is 0.0111 e. The van der Waals surface area contributed by atoms with E-state index in [0.29, 0.717) is 0 Å². The molecule has 1 N–H and O–H groups in total. The number of nitrogens with one attached hydrogen (secondary N) is 1. The van der Waals surface area contributed by atoms with Crippen molar-refractivity contribution in [3.8, 4) is 0 Å². The van der Waals surface area contributed by atoms with Gasteiger partial charge in [-0.25, -0.2) is 0 Å². The van der Waals surface area contributed by atoms with Crippen LogP contribution in [-0.2, 0) is 0 Å². The molecule has 0 spiro atoms. The minimum absolute atomic E-state index is 0.804. The first-order chi connectivity index (χ1) is 7.33. The van der Waals surface area contributed by atoms with Gasteiger partial charge in [-0.2, -0.15) is 0 Å². The second-order valence-electron chi connectivity index (χ2n) is 5.51. The Hall–Kier alpha value is -0.120. The highest BCUT2D eigenvalue weighted by molar-refractivity contribution is 4.96. The average Bonchev–Trinajstić information content (AvgIpc) is 2.99. The molecule has 3 saturated heterocycles. The predicted molar refractivity (Wildman–Crippen MR) is 62.0 cm³/mol. The van der Waals surface area contributed by atoms with Crippen LogP contribution in [0.2, 0.25) is 0 Å². The Bertz CT molecular complexity index is 213.